The lowest BCUT2D eigenvalue weighted by atomic mass is 10.1. The number of hydrogen-bond donors (Lipinski definition) is 1. The van der Waals surface area contributed by atoms with E-state index in [1.165, 1.54) is 32.4 Å². The third-order valence-corrected chi connectivity index (χ3v) is 6.74. The molecule has 7 nitrogen and oxygen atoms in total. The van der Waals surface area contributed by atoms with Crippen molar-refractivity contribution in [3.8, 4) is 0 Å². The predicted octanol–water partition coefficient (Wildman–Crippen LogP) is 5.88. The molecule has 1 fully saturated rings. The van der Waals surface area contributed by atoms with E-state index >= 15 is 0 Å². The van der Waals surface area contributed by atoms with Gasteiger partial charge in [0, 0.05) is 30.9 Å². The van der Waals surface area contributed by atoms with E-state index in [0.717, 1.165) is 74.1 Å². The Balaban J connectivity index is 1.62. The number of aryl methyl sites for hydroxylation is 1. The number of pyridine rings is 1. The van der Waals surface area contributed by atoms with Crippen molar-refractivity contribution in [2.24, 2.45) is 0 Å². The van der Waals surface area contributed by atoms with Crippen molar-refractivity contribution in [2.45, 2.75) is 65.8 Å². The third kappa shape index (κ3) is 6.40. The van der Waals surface area contributed by atoms with Crippen LogP contribution in [0.3, 0.4) is 0 Å². The molecule has 0 atom stereocenters. The zero-order chi connectivity index (χ0) is 24.6. The topological polar surface area (TPSA) is 66.3 Å². The van der Waals surface area contributed by atoms with Gasteiger partial charge in [0.2, 0.25) is 5.95 Å². The summed E-state index contributed by atoms with van der Waals surface area (Å²) >= 11 is 0. The van der Waals surface area contributed by atoms with Gasteiger partial charge in [-0.2, -0.15) is 0 Å². The number of ketones is 1. The van der Waals surface area contributed by atoms with Crippen LogP contribution in [0.15, 0.2) is 36.4 Å². The molecule has 1 aliphatic heterocycles. The summed E-state index contributed by atoms with van der Waals surface area (Å²) < 4.78 is 2.23. The molecule has 0 spiro atoms. The van der Waals surface area contributed by atoms with Gasteiger partial charge in [0.15, 0.2) is 11.4 Å². The lowest BCUT2D eigenvalue weighted by Crippen LogP contribution is -2.31. The molecule has 1 aliphatic rings. The Hall–Kier alpha value is -2.93. The van der Waals surface area contributed by atoms with Crippen molar-refractivity contribution in [1.82, 2.24) is 19.4 Å². The minimum absolute atomic E-state index is 0.0712. The highest BCUT2D eigenvalue weighted by Gasteiger charge is 2.16. The summed E-state index contributed by atoms with van der Waals surface area (Å²) in [6.07, 6.45) is 7.23. The van der Waals surface area contributed by atoms with Crippen molar-refractivity contribution in [2.75, 3.05) is 42.9 Å². The summed E-state index contributed by atoms with van der Waals surface area (Å²) in [4.78, 5) is 26.6. The molecule has 3 aromatic rings. The first-order chi connectivity index (χ1) is 17.1. The van der Waals surface area contributed by atoms with Gasteiger partial charge in [-0.05, 0) is 95.1 Å². The number of carbonyl (C=O) groups excluding carboxylic acids is 1. The van der Waals surface area contributed by atoms with Gasteiger partial charge in [0.1, 0.15) is 11.3 Å². The van der Waals surface area contributed by atoms with Crippen LogP contribution in [-0.2, 0) is 6.54 Å². The van der Waals surface area contributed by atoms with Gasteiger partial charge in [0.05, 0.1) is 0 Å². The average Bonchev–Trinajstić information content (AvgIpc) is 3.21. The van der Waals surface area contributed by atoms with Crippen LogP contribution >= 0.6 is 0 Å². The number of nitrogens with one attached hydrogen (secondary N) is 1. The van der Waals surface area contributed by atoms with E-state index in [0.29, 0.717) is 5.56 Å². The molecule has 0 bridgehead atoms. The molecule has 2 aromatic heterocycles. The van der Waals surface area contributed by atoms with Crippen molar-refractivity contribution in [3.05, 3.63) is 42.0 Å². The van der Waals surface area contributed by atoms with E-state index in [4.69, 9.17) is 9.97 Å². The van der Waals surface area contributed by atoms with Gasteiger partial charge in [-0.3, -0.25) is 9.36 Å². The molecular weight excluding hydrogens is 436 g/mol. The van der Waals surface area contributed by atoms with E-state index in [-0.39, 0.29) is 5.78 Å². The fourth-order valence-corrected chi connectivity index (χ4v) is 4.91. The second-order valence-electron chi connectivity index (χ2n) is 9.60. The molecule has 1 N–H and O–H groups in total. The van der Waals surface area contributed by atoms with E-state index in [1.807, 2.05) is 24.3 Å². The smallest absolute Gasteiger partial charge is 0.209 e. The maximum absolute atomic E-state index is 11.7. The normalized spacial score (nSPS) is 14.4. The average molecular weight is 477 g/mol. The van der Waals surface area contributed by atoms with Crippen LogP contribution in [0.4, 0.5) is 17.5 Å². The monoisotopic (exact) mass is 476 g/mol. The van der Waals surface area contributed by atoms with Gasteiger partial charge >= 0.3 is 0 Å². The van der Waals surface area contributed by atoms with Crippen LogP contribution in [0.5, 0.6) is 0 Å². The standard InChI is InChI=1S/C28H40N6O/c1-4-16-33(17-5-2)26-15-14-25-27(31-26)34(21-9-20-32-18-7-6-8-19-32)28(30-25)29-24-12-10-23(11-13-24)22(3)35/h10-15H,4-9,16-21H2,1-3H3,(H,29,30). The van der Waals surface area contributed by atoms with Crippen LogP contribution < -0.4 is 10.2 Å². The molecule has 0 unspecified atom stereocenters. The summed E-state index contributed by atoms with van der Waals surface area (Å²) in [5, 5.41) is 3.49. The van der Waals surface area contributed by atoms with E-state index in [9.17, 15) is 4.79 Å². The number of benzene rings is 1. The molecule has 0 saturated carbocycles. The van der Waals surface area contributed by atoms with Crippen LogP contribution in [0.2, 0.25) is 0 Å². The lowest BCUT2D eigenvalue weighted by Gasteiger charge is -2.26. The Morgan fingerprint density at radius 1 is 0.943 bits per heavy atom. The number of aromatic nitrogens is 3. The van der Waals surface area contributed by atoms with Crippen molar-refractivity contribution >= 4 is 34.4 Å². The highest BCUT2D eigenvalue weighted by molar-refractivity contribution is 5.94. The minimum Gasteiger partial charge on any atom is -0.357 e. The quantitative estimate of drug-likeness (QED) is 0.329. The molecule has 4 rings (SSSR count). The number of anilines is 3. The van der Waals surface area contributed by atoms with Gasteiger partial charge in [-0.25, -0.2) is 9.97 Å². The summed E-state index contributed by atoms with van der Waals surface area (Å²) in [5.74, 6) is 1.90. The van der Waals surface area contributed by atoms with Gasteiger partial charge < -0.3 is 15.1 Å². The number of carbonyl (C=O) groups is 1. The Morgan fingerprint density at radius 2 is 1.66 bits per heavy atom. The lowest BCUT2D eigenvalue weighted by molar-refractivity contribution is 0.101. The first-order valence-corrected chi connectivity index (χ1v) is 13.3. The first-order valence-electron chi connectivity index (χ1n) is 13.3. The van der Waals surface area contributed by atoms with Crippen LogP contribution in [0.1, 0.15) is 69.7 Å². The molecule has 3 heterocycles. The molecule has 0 amide bonds. The first kappa shape index (κ1) is 25.2. The summed E-state index contributed by atoms with van der Waals surface area (Å²) in [7, 11) is 0. The van der Waals surface area contributed by atoms with Crippen molar-refractivity contribution < 1.29 is 4.79 Å². The van der Waals surface area contributed by atoms with E-state index in [2.05, 4.69) is 45.7 Å². The second kappa shape index (κ2) is 12.2. The Morgan fingerprint density at radius 3 is 2.31 bits per heavy atom. The maximum atomic E-state index is 11.7. The third-order valence-electron chi connectivity index (χ3n) is 6.74. The van der Waals surface area contributed by atoms with Crippen LogP contribution in [0.25, 0.3) is 11.2 Å². The van der Waals surface area contributed by atoms with E-state index < -0.39 is 0 Å². The molecular formula is C28H40N6O. The van der Waals surface area contributed by atoms with Gasteiger partial charge in [-0.1, -0.05) is 20.3 Å². The summed E-state index contributed by atoms with van der Waals surface area (Å²) in [5.41, 5.74) is 3.47. The zero-order valence-electron chi connectivity index (χ0n) is 21.6. The maximum Gasteiger partial charge on any atom is 0.209 e. The zero-order valence-corrected chi connectivity index (χ0v) is 21.6. The molecule has 188 valence electrons. The van der Waals surface area contributed by atoms with Crippen LogP contribution in [0, 0.1) is 0 Å². The SMILES string of the molecule is CCCN(CCC)c1ccc2nc(Nc3ccc(C(C)=O)cc3)n(CCCN3CCCCC3)c2n1. The Bertz CT molecular complexity index is 1090. The molecule has 1 aromatic carbocycles. The van der Waals surface area contributed by atoms with Crippen LogP contribution in [-0.4, -0.2) is 57.9 Å². The Labute approximate surface area is 209 Å². The molecule has 35 heavy (non-hydrogen) atoms. The predicted molar refractivity (Wildman–Crippen MR) is 145 cm³/mol. The fraction of sp³-hybridized carbons (Fsp3) is 0.536. The number of fused-ring (bicyclic) bond motifs is 1. The second-order valence-corrected chi connectivity index (χ2v) is 9.60. The molecule has 1 saturated heterocycles. The highest BCUT2D eigenvalue weighted by Crippen LogP contribution is 2.25. The van der Waals surface area contributed by atoms with Gasteiger partial charge in [-0.15, -0.1) is 0 Å². The Kier molecular flexibility index (Phi) is 8.74. The summed E-state index contributed by atoms with van der Waals surface area (Å²) in [6, 6.07) is 11.8. The highest BCUT2D eigenvalue weighted by atomic mass is 16.1. The number of likely N-dealkylation sites (tertiary alicyclic amines) is 1. The van der Waals surface area contributed by atoms with Crippen molar-refractivity contribution in [1.29, 1.82) is 0 Å². The number of Topliss-reactive ketones (excluding diaryl/α,β-unsaturated/α-hetero) is 1. The minimum atomic E-state index is 0.0712. The summed E-state index contributed by atoms with van der Waals surface area (Å²) in [6.45, 7) is 12.4. The van der Waals surface area contributed by atoms with E-state index in [1.54, 1.807) is 6.92 Å². The molecule has 7 heteroatoms. The molecule has 0 aliphatic carbocycles. The van der Waals surface area contributed by atoms with Gasteiger partial charge in [0.25, 0.3) is 0 Å². The number of rotatable bonds is 12. The fourth-order valence-electron chi connectivity index (χ4n) is 4.91. The van der Waals surface area contributed by atoms with Crippen molar-refractivity contribution in [3.63, 3.8) is 0 Å². The number of imidazole rings is 1. The number of nitrogens with zero attached hydrogens (tertiary/aromatic N) is 5. The largest absolute Gasteiger partial charge is 0.357 e. The number of piperidine rings is 1. The number of hydrogen-bond acceptors (Lipinski definition) is 6. The molecule has 0 radical (unpaired) electrons.